The summed E-state index contributed by atoms with van der Waals surface area (Å²) in [7, 11) is -3.66. The molecule has 21 heavy (non-hydrogen) atoms. The summed E-state index contributed by atoms with van der Waals surface area (Å²) < 4.78 is 28.3. The van der Waals surface area contributed by atoms with Crippen molar-refractivity contribution in [3.63, 3.8) is 0 Å². The first-order valence-electron chi connectivity index (χ1n) is 6.36. The molecule has 112 valence electrons. The normalized spacial score (nSPS) is 11.4. The average molecular weight is 369 g/mol. The molecule has 4 nitrogen and oxygen atoms in total. The molecule has 0 bridgehead atoms. The topological polar surface area (TPSA) is 72.2 Å². The van der Waals surface area contributed by atoms with Crippen molar-refractivity contribution >= 4 is 37.3 Å². The molecule has 0 spiro atoms. The minimum Gasteiger partial charge on any atom is -0.398 e. The fraction of sp³-hybridized carbons (Fsp3) is 0.200. The van der Waals surface area contributed by atoms with Crippen LogP contribution >= 0.6 is 15.9 Å². The van der Waals surface area contributed by atoms with Gasteiger partial charge in [0.1, 0.15) is 0 Å². The molecule has 0 saturated heterocycles. The molecule has 0 aromatic heterocycles. The standard InChI is InChI=1S/C15H17BrN2O2S/c1-9-4-5-12(6-10(9)2)18-21(19,20)15-8-14(17)13(16)7-11(15)3/h4-8,18H,17H2,1-3H3. The number of nitrogens with one attached hydrogen (secondary N) is 1. The third-order valence-electron chi connectivity index (χ3n) is 3.34. The lowest BCUT2D eigenvalue weighted by atomic mass is 10.1. The number of aryl methyl sites for hydroxylation is 3. The van der Waals surface area contributed by atoms with E-state index in [0.29, 0.717) is 21.4 Å². The summed E-state index contributed by atoms with van der Waals surface area (Å²) in [6, 6.07) is 8.60. The van der Waals surface area contributed by atoms with Crippen molar-refractivity contribution in [2.75, 3.05) is 10.5 Å². The van der Waals surface area contributed by atoms with E-state index in [-0.39, 0.29) is 4.90 Å². The molecule has 0 aliphatic heterocycles. The minimum absolute atomic E-state index is 0.182. The number of rotatable bonds is 3. The van der Waals surface area contributed by atoms with Gasteiger partial charge in [0.05, 0.1) is 4.90 Å². The van der Waals surface area contributed by atoms with E-state index >= 15 is 0 Å². The lowest BCUT2D eigenvalue weighted by Gasteiger charge is -2.13. The highest BCUT2D eigenvalue weighted by Gasteiger charge is 2.18. The summed E-state index contributed by atoms with van der Waals surface area (Å²) >= 11 is 3.29. The quantitative estimate of drug-likeness (QED) is 0.810. The molecular weight excluding hydrogens is 352 g/mol. The van der Waals surface area contributed by atoms with Crippen molar-refractivity contribution in [1.82, 2.24) is 0 Å². The summed E-state index contributed by atoms with van der Waals surface area (Å²) in [5, 5.41) is 0. The highest BCUT2D eigenvalue weighted by Crippen LogP contribution is 2.28. The number of hydrogen-bond acceptors (Lipinski definition) is 3. The van der Waals surface area contributed by atoms with E-state index in [0.717, 1.165) is 11.1 Å². The van der Waals surface area contributed by atoms with Crippen LogP contribution in [0, 0.1) is 20.8 Å². The molecule has 0 aliphatic carbocycles. The molecule has 2 aromatic carbocycles. The molecule has 0 fully saturated rings. The van der Waals surface area contributed by atoms with E-state index in [4.69, 9.17) is 5.73 Å². The van der Waals surface area contributed by atoms with Gasteiger partial charge in [-0.05, 0) is 77.7 Å². The zero-order valence-electron chi connectivity index (χ0n) is 12.1. The van der Waals surface area contributed by atoms with Crippen molar-refractivity contribution in [2.45, 2.75) is 25.7 Å². The van der Waals surface area contributed by atoms with Crippen LogP contribution in [0.25, 0.3) is 0 Å². The smallest absolute Gasteiger partial charge is 0.262 e. The molecule has 3 N–H and O–H groups in total. The number of nitrogens with two attached hydrogens (primary N) is 1. The molecule has 0 amide bonds. The van der Waals surface area contributed by atoms with E-state index in [1.54, 1.807) is 19.1 Å². The van der Waals surface area contributed by atoms with Crippen LogP contribution < -0.4 is 10.5 Å². The summed E-state index contributed by atoms with van der Waals surface area (Å²) in [6.45, 7) is 5.66. The van der Waals surface area contributed by atoms with Gasteiger partial charge in [0.15, 0.2) is 0 Å². The van der Waals surface area contributed by atoms with Gasteiger partial charge in [-0.15, -0.1) is 0 Å². The molecule has 2 rings (SSSR count). The third-order valence-corrected chi connectivity index (χ3v) is 5.55. The Morgan fingerprint density at radius 1 is 1.00 bits per heavy atom. The average Bonchev–Trinajstić information content (AvgIpc) is 2.37. The second-order valence-corrected chi connectivity index (χ2v) is 7.55. The van der Waals surface area contributed by atoms with Crippen LogP contribution in [0.15, 0.2) is 39.7 Å². The van der Waals surface area contributed by atoms with Crippen LogP contribution in [0.2, 0.25) is 0 Å². The van der Waals surface area contributed by atoms with Crippen LogP contribution in [0.4, 0.5) is 11.4 Å². The second kappa shape index (κ2) is 5.69. The minimum atomic E-state index is -3.66. The van der Waals surface area contributed by atoms with Gasteiger partial charge < -0.3 is 5.73 Å². The van der Waals surface area contributed by atoms with Gasteiger partial charge in [-0.3, -0.25) is 4.72 Å². The monoisotopic (exact) mass is 368 g/mol. The van der Waals surface area contributed by atoms with Crippen molar-refractivity contribution in [3.05, 3.63) is 51.5 Å². The van der Waals surface area contributed by atoms with E-state index in [1.807, 2.05) is 26.0 Å². The first-order chi connectivity index (χ1) is 9.70. The molecule has 0 unspecified atom stereocenters. The van der Waals surface area contributed by atoms with Gasteiger partial charge in [-0.1, -0.05) is 6.07 Å². The number of halogens is 1. The van der Waals surface area contributed by atoms with E-state index in [2.05, 4.69) is 20.7 Å². The Kier molecular flexibility index (Phi) is 4.30. The zero-order chi connectivity index (χ0) is 15.8. The molecule has 0 heterocycles. The lowest BCUT2D eigenvalue weighted by molar-refractivity contribution is 0.600. The number of benzene rings is 2. The Hall–Kier alpha value is -1.53. The molecule has 6 heteroatoms. The first kappa shape index (κ1) is 15.9. The van der Waals surface area contributed by atoms with Gasteiger partial charge in [0.2, 0.25) is 0 Å². The third kappa shape index (κ3) is 3.39. The van der Waals surface area contributed by atoms with E-state index < -0.39 is 10.0 Å². The summed E-state index contributed by atoms with van der Waals surface area (Å²) in [5.41, 5.74) is 9.49. The zero-order valence-corrected chi connectivity index (χ0v) is 14.5. The summed E-state index contributed by atoms with van der Waals surface area (Å²) in [6.07, 6.45) is 0. The number of anilines is 2. The van der Waals surface area contributed by atoms with Crippen LogP contribution in [-0.2, 0) is 10.0 Å². The highest BCUT2D eigenvalue weighted by atomic mass is 79.9. The van der Waals surface area contributed by atoms with Crippen LogP contribution in [0.5, 0.6) is 0 Å². The molecule has 0 saturated carbocycles. The van der Waals surface area contributed by atoms with Crippen LogP contribution in [-0.4, -0.2) is 8.42 Å². The first-order valence-corrected chi connectivity index (χ1v) is 8.64. The SMILES string of the molecule is Cc1ccc(NS(=O)(=O)c2cc(N)c(Br)cc2C)cc1C. The Bertz CT molecular complexity index is 802. The fourth-order valence-electron chi connectivity index (χ4n) is 1.97. The van der Waals surface area contributed by atoms with Crippen LogP contribution in [0.3, 0.4) is 0 Å². The number of sulfonamides is 1. The second-order valence-electron chi connectivity index (χ2n) is 5.04. The molecular formula is C15H17BrN2O2S. The maximum Gasteiger partial charge on any atom is 0.262 e. The highest BCUT2D eigenvalue weighted by molar-refractivity contribution is 9.10. The van der Waals surface area contributed by atoms with Crippen LogP contribution in [0.1, 0.15) is 16.7 Å². The van der Waals surface area contributed by atoms with Gasteiger partial charge in [0, 0.05) is 15.8 Å². The fourth-order valence-corrected chi connectivity index (χ4v) is 3.74. The molecule has 0 aliphatic rings. The largest absolute Gasteiger partial charge is 0.398 e. The molecule has 0 atom stereocenters. The van der Waals surface area contributed by atoms with Gasteiger partial charge in [-0.2, -0.15) is 0 Å². The summed E-state index contributed by atoms with van der Waals surface area (Å²) in [5.74, 6) is 0. The van der Waals surface area contributed by atoms with Crippen molar-refractivity contribution in [3.8, 4) is 0 Å². The van der Waals surface area contributed by atoms with Crippen molar-refractivity contribution < 1.29 is 8.42 Å². The summed E-state index contributed by atoms with van der Waals surface area (Å²) in [4.78, 5) is 0.182. The maximum atomic E-state index is 12.5. The Labute approximate surface area is 133 Å². The van der Waals surface area contributed by atoms with Crippen molar-refractivity contribution in [2.24, 2.45) is 0 Å². The molecule has 0 radical (unpaired) electrons. The lowest BCUT2D eigenvalue weighted by Crippen LogP contribution is -2.15. The van der Waals surface area contributed by atoms with Gasteiger partial charge in [0.25, 0.3) is 10.0 Å². The van der Waals surface area contributed by atoms with E-state index in [9.17, 15) is 8.42 Å². The Morgan fingerprint density at radius 3 is 2.29 bits per heavy atom. The van der Waals surface area contributed by atoms with Gasteiger partial charge >= 0.3 is 0 Å². The van der Waals surface area contributed by atoms with E-state index in [1.165, 1.54) is 6.07 Å². The number of nitrogen functional groups attached to an aromatic ring is 1. The predicted molar refractivity (Wildman–Crippen MR) is 90.0 cm³/mol. The Morgan fingerprint density at radius 2 is 1.67 bits per heavy atom. The number of hydrogen-bond donors (Lipinski definition) is 2. The Balaban J connectivity index is 2.43. The van der Waals surface area contributed by atoms with Crippen molar-refractivity contribution in [1.29, 1.82) is 0 Å². The maximum absolute atomic E-state index is 12.5. The van der Waals surface area contributed by atoms with Gasteiger partial charge in [-0.25, -0.2) is 8.42 Å². The predicted octanol–water partition coefficient (Wildman–Crippen LogP) is 3.76. The molecule has 2 aromatic rings.